The van der Waals surface area contributed by atoms with Crippen LogP contribution in [0.4, 0.5) is 5.69 Å². The Morgan fingerprint density at radius 1 is 1.03 bits per heavy atom. The van der Waals surface area contributed by atoms with Gasteiger partial charge in [-0.25, -0.2) is 4.79 Å². The number of nitrogens with zero attached hydrogens (tertiary/aromatic N) is 3. The number of nitro benzene ring substituents is 1. The van der Waals surface area contributed by atoms with Crippen LogP contribution in [-0.2, 0) is 11.3 Å². The Labute approximate surface area is 197 Å². The van der Waals surface area contributed by atoms with E-state index in [1.807, 2.05) is 24.3 Å². The van der Waals surface area contributed by atoms with E-state index in [0.29, 0.717) is 0 Å². The zero-order chi connectivity index (χ0) is 21.6. The number of hydrogen-bond donors (Lipinski definition) is 0. The second kappa shape index (κ2) is 11.4. The van der Waals surface area contributed by atoms with Crippen LogP contribution in [0.3, 0.4) is 0 Å². The number of non-ortho nitro benzene ring substituents is 1. The quantitative estimate of drug-likeness (QED) is 0.261. The third-order valence-electron chi connectivity index (χ3n) is 5.85. The maximum Gasteiger partial charge on any atom is 0.269 e. The Morgan fingerprint density at radius 2 is 1.72 bits per heavy atom. The van der Waals surface area contributed by atoms with Gasteiger partial charge in [-0.1, -0.05) is 30.3 Å². The number of halogens is 1. The van der Waals surface area contributed by atoms with Gasteiger partial charge in [-0.15, -0.1) is 23.7 Å². The number of carbonyl (C=O) groups excluding carboxylic acids is 1. The topological polar surface area (TPSA) is 66.7 Å². The smallest absolute Gasteiger partial charge is 0.269 e. The molecule has 2 heterocycles. The average molecular weight is 472 g/mol. The number of fused-ring (bicyclic) bond motifs is 1. The second-order valence-electron chi connectivity index (χ2n) is 7.87. The van der Waals surface area contributed by atoms with Gasteiger partial charge in [-0.2, -0.15) is 0 Å². The number of nitro groups is 1. The van der Waals surface area contributed by atoms with Crippen molar-refractivity contribution in [2.24, 2.45) is 0 Å². The second-order valence-corrected chi connectivity index (χ2v) is 8.78. The average Bonchev–Trinajstić information content (AvgIpc) is 3.22. The third-order valence-corrected chi connectivity index (χ3v) is 6.81. The van der Waals surface area contributed by atoms with Crippen molar-refractivity contribution in [3.05, 3.63) is 75.2 Å². The first kappa shape index (κ1) is 24.1. The number of allylic oxidation sites excluding steroid dienone is 1. The summed E-state index contributed by atoms with van der Waals surface area (Å²) >= 11 is 1.67. The van der Waals surface area contributed by atoms with E-state index in [1.165, 1.54) is 4.70 Å². The van der Waals surface area contributed by atoms with E-state index in [9.17, 15) is 14.9 Å². The van der Waals surface area contributed by atoms with Crippen LogP contribution in [0.2, 0.25) is 0 Å². The number of rotatable bonds is 8. The molecule has 0 atom stereocenters. The first-order valence-corrected chi connectivity index (χ1v) is 11.4. The summed E-state index contributed by atoms with van der Waals surface area (Å²) in [5.41, 5.74) is 3.04. The number of benzene rings is 2. The summed E-state index contributed by atoms with van der Waals surface area (Å²) in [4.78, 5) is 26.8. The van der Waals surface area contributed by atoms with E-state index in [4.69, 9.17) is 0 Å². The molecule has 0 bridgehead atoms. The van der Waals surface area contributed by atoms with E-state index in [-0.39, 0.29) is 23.0 Å². The molecule has 8 heteroatoms. The highest BCUT2D eigenvalue weighted by Crippen LogP contribution is 2.31. The predicted octanol–water partition coefficient (Wildman–Crippen LogP) is 5.04. The zero-order valence-corrected chi connectivity index (χ0v) is 19.4. The van der Waals surface area contributed by atoms with Crippen molar-refractivity contribution in [1.82, 2.24) is 9.80 Å². The van der Waals surface area contributed by atoms with E-state index >= 15 is 0 Å². The molecule has 168 valence electrons. The van der Waals surface area contributed by atoms with Crippen molar-refractivity contribution in [1.29, 1.82) is 0 Å². The first-order chi connectivity index (χ1) is 15.1. The Balaban J connectivity index is 0.00000289. The maximum atomic E-state index is 11.6. The fraction of sp³-hybridized carbons (Fsp3) is 0.333. The molecule has 4 rings (SSSR count). The molecule has 0 radical (unpaired) electrons. The summed E-state index contributed by atoms with van der Waals surface area (Å²) < 4.78 is 1.20. The van der Waals surface area contributed by atoms with Gasteiger partial charge < -0.3 is 4.90 Å². The lowest BCUT2D eigenvalue weighted by molar-refractivity contribution is -0.384. The van der Waals surface area contributed by atoms with Gasteiger partial charge in [0.05, 0.1) is 4.92 Å². The SMILES string of the molecule is Cl.O=C=C(CCCN1CCN(Cc2ccc([N+](=O)[O-])cc2)CC1)c1csc2ccccc12. The molecule has 1 aliphatic rings. The molecule has 0 unspecified atom stereocenters. The van der Waals surface area contributed by atoms with E-state index in [2.05, 4.69) is 33.3 Å². The predicted molar refractivity (Wildman–Crippen MR) is 132 cm³/mol. The maximum absolute atomic E-state index is 11.6. The zero-order valence-electron chi connectivity index (χ0n) is 17.7. The minimum atomic E-state index is -0.366. The Bertz CT molecular complexity index is 1100. The summed E-state index contributed by atoms with van der Waals surface area (Å²) in [6.45, 7) is 5.72. The van der Waals surface area contributed by atoms with Crippen molar-refractivity contribution in [3.8, 4) is 0 Å². The molecule has 32 heavy (non-hydrogen) atoms. The van der Waals surface area contributed by atoms with Crippen molar-refractivity contribution < 1.29 is 9.72 Å². The number of hydrogen-bond acceptors (Lipinski definition) is 6. The molecule has 1 fully saturated rings. The standard InChI is InChI=1S/C24H25N3O3S.ClH/c28-17-20(23-18-31-24-6-2-1-5-22(23)24)4-3-11-25-12-14-26(15-13-25)16-19-7-9-21(10-8-19)27(29)30;/h1-2,5-10,18H,3-4,11-16H2;1H. The highest BCUT2D eigenvalue weighted by Gasteiger charge is 2.18. The molecule has 1 aliphatic heterocycles. The molecule has 0 aliphatic carbocycles. The molecule has 0 amide bonds. The molecular formula is C24H26ClN3O3S. The molecule has 1 aromatic heterocycles. The monoisotopic (exact) mass is 471 g/mol. The highest BCUT2D eigenvalue weighted by atomic mass is 35.5. The minimum absolute atomic E-state index is 0. The van der Waals surface area contributed by atoms with Crippen LogP contribution in [0, 0.1) is 10.1 Å². The van der Waals surface area contributed by atoms with Gasteiger partial charge in [0, 0.05) is 71.5 Å². The summed E-state index contributed by atoms with van der Waals surface area (Å²) in [5.74, 6) is 2.18. The van der Waals surface area contributed by atoms with Crippen LogP contribution in [0.1, 0.15) is 24.0 Å². The highest BCUT2D eigenvalue weighted by molar-refractivity contribution is 7.17. The Kier molecular flexibility index (Phi) is 8.56. The van der Waals surface area contributed by atoms with Gasteiger partial charge in [-0.3, -0.25) is 15.0 Å². The number of thiophene rings is 1. The van der Waals surface area contributed by atoms with Crippen molar-refractivity contribution in [2.45, 2.75) is 19.4 Å². The molecule has 0 N–H and O–H groups in total. The normalized spacial score (nSPS) is 14.6. The summed E-state index contributed by atoms with van der Waals surface area (Å²) in [5, 5.41) is 14.0. The van der Waals surface area contributed by atoms with Crippen LogP contribution in [0.25, 0.3) is 15.7 Å². The van der Waals surface area contributed by atoms with Crippen molar-refractivity contribution in [2.75, 3.05) is 32.7 Å². The van der Waals surface area contributed by atoms with E-state index in [0.717, 1.165) is 74.2 Å². The molecule has 6 nitrogen and oxygen atoms in total. The van der Waals surface area contributed by atoms with Gasteiger partial charge in [0.1, 0.15) is 5.94 Å². The van der Waals surface area contributed by atoms with E-state index < -0.39 is 0 Å². The lowest BCUT2D eigenvalue weighted by atomic mass is 10.0. The Hall–Kier alpha value is -2.54. The molecule has 3 aromatic rings. The first-order valence-electron chi connectivity index (χ1n) is 10.5. The van der Waals surface area contributed by atoms with Gasteiger partial charge in [0.25, 0.3) is 5.69 Å². The van der Waals surface area contributed by atoms with E-state index in [1.54, 1.807) is 23.5 Å². The minimum Gasteiger partial charge on any atom is -0.301 e. The van der Waals surface area contributed by atoms with Gasteiger partial charge in [0.15, 0.2) is 0 Å². The summed E-state index contributed by atoms with van der Waals surface area (Å²) in [6.07, 6.45) is 1.68. The van der Waals surface area contributed by atoms with Crippen LogP contribution in [-0.4, -0.2) is 53.4 Å². The summed E-state index contributed by atoms with van der Waals surface area (Å²) in [7, 11) is 0. The van der Waals surface area contributed by atoms with Gasteiger partial charge in [-0.05, 0) is 31.0 Å². The molecule has 0 saturated carbocycles. The third kappa shape index (κ3) is 5.82. The molecule has 0 spiro atoms. The fourth-order valence-corrected chi connectivity index (χ4v) is 5.06. The van der Waals surface area contributed by atoms with Crippen LogP contribution in [0.15, 0.2) is 53.9 Å². The Morgan fingerprint density at radius 3 is 2.41 bits per heavy atom. The molecule has 2 aromatic carbocycles. The molecular weight excluding hydrogens is 446 g/mol. The largest absolute Gasteiger partial charge is 0.301 e. The van der Waals surface area contributed by atoms with Gasteiger partial charge >= 0.3 is 0 Å². The summed E-state index contributed by atoms with van der Waals surface area (Å²) in [6, 6.07) is 15.0. The van der Waals surface area contributed by atoms with Crippen LogP contribution in [0.5, 0.6) is 0 Å². The van der Waals surface area contributed by atoms with Gasteiger partial charge in [0.2, 0.25) is 0 Å². The molecule has 1 saturated heterocycles. The fourth-order valence-electron chi connectivity index (χ4n) is 4.08. The lowest BCUT2D eigenvalue weighted by Crippen LogP contribution is -2.46. The number of piperazine rings is 1. The lowest BCUT2D eigenvalue weighted by Gasteiger charge is -2.34. The van der Waals surface area contributed by atoms with Crippen molar-refractivity contribution >= 4 is 51.0 Å². The van der Waals surface area contributed by atoms with Crippen molar-refractivity contribution in [3.63, 3.8) is 0 Å². The van der Waals surface area contributed by atoms with Crippen LogP contribution < -0.4 is 0 Å². The van der Waals surface area contributed by atoms with Crippen LogP contribution >= 0.6 is 23.7 Å².